The van der Waals surface area contributed by atoms with Crippen LogP contribution in [0.5, 0.6) is 5.88 Å². The number of methoxy groups -OCH3 is 1. The number of nitrogens with one attached hydrogen (secondary N) is 1. The number of aromatic nitrogens is 1. The second-order valence-corrected chi connectivity index (χ2v) is 6.07. The number of nitriles is 1. The molecule has 0 unspecified atom stereocenters. The third-order valence-electron chi connectivity index (χ3n) is 3.67. The van der Waals surface area contributed by atoms with Gasteiger partial charge in [-0.25, -0.2) is 4.98 Å². The number of pyridine rings is 1. The lowest BCUT2D eigenvalue weighted by Gasteiger charge is -2.27. The highest BCUT2D eigenvalue weighted by molar-refractivity contribution is 5.78. The van der Waals surface area contributed by atoms with Gasteiger partial charge in [-0.3, -0.25) is 4.79 Å². The summed E-state index contributed by atoms with van der Waals surface area (Å²) < 4.78 is 10.4. The molecule has 0 aliphatic rings. The summed E-state index contributed by atoms with van der Waals surface area (Å²) in [5.41, 5.74) is 1.67. The van der Waals surface area contributed by atoms with Crippen molar-refractivity contribution >= 4 is 5.91 Å². The lowest BCUT2D eigenvalue weighted by atomic mass is 9.93. The van der Waals surface area contributed by atoms with E-state index in [1.54, 1.807) is 37.6 Å². The third-order valence-corrected chi connectivity index (χ3v) is 3.67. The van der Waals surface area contributed by atoms with E-state index in [-0.39, 0.29) is 19.1 Å². The minimum absolute atomic E-state index is 0.0621. The first-order valence-corrected chi connectivity index (χ1v) is 7.83. The van der Waals surface area contributed by atoms with Crippen molar-refractivity contribution in [3.63, 3.8) is 0 Å². The Labute approximate surface area is 147 Å². The van der Waals surface area contributed by atoms with E-state index in [1.807, 2.05) is 26.0 Å². The van der Waals surface area contributed by atoms with Crippen LogP contribution in [0.1, 0.15) is 30.5 Å². The summed E-state index contributed by atoms with van der Waals surface area (Å²) in [5.74, 6) is 0.302. The molecule has 0 bridgehead atoms. The summed E-state index contributed by atoms with van der Waals surface area (Å²) in [7, 11) is 1.55. The molecule has 2 rings (SSSR count). The Balaban J connectivity index is 1.86. The molecule has 0 radical (unpaired) electrons. The molecule has 0 atom stereocenters. The van der Waals surface area contributed by atoms with Gasteiger partial charge in [0.25, 0.3) is 0 Å². The largest absolute Gasteiger partial charge is 0.481 e. The molecule has 1 heterocycles. The zero-order valence-electron chi connectivity index (χ0n) is 14.6. The van der Waals surface area contributed by atoms with Crippen LogP contribution in [0.4, 0.5) is 0 Å². The number of hydrogen-bond acceptors (Lipinski definition) is 5. The van der Waals surface area contributed by atoms with E-state index in [4.69, 9.17) is 14.7 Å². The maximum Gasteiger partial charge on any atom is 0.246 e. The normalized spacial score (nSPS) is 10.8. The van der Waals surface area contributed by atoms with Gasteiger partial charge < -0.3 is 14.8 Å². The zero-order valence-corrected chi connectivity index (χ0v) is 14.6. The van der Waals surface area contributed by atoms with Crippen LogP contribution in [0, 0.1) is 11.3 Å². The standard InChI is InChI=1S/C19H21N3O3/c1-19(2,16-6-4-5-14(9-16)10-20)22-17(23)13-25-12-15-7-8-18(24-3)21-11-15/h4-9,11H,12-13H2,1-3H3,(H,22,23). The fraction of sp³-hybridized carbons (Fsp3) is 0.316. The molecule has 0 spiro atoms. The van der Waals surface area contributed by atoms with Gasteiger partial charge in [-0.2, -0.15) is 5.26 Å². The SMILES string of the molecule is COc1ccc(COCC(=O)NC(C)(C)c2cccc(C#N)c2)cn1. The minimum Gasteiger partial charge on any atom is -0.481 e. The third kappa shape index (κ3) is 5.30. The van der Waals surface area contributed by atoms with Crippen LogP contribution in [0.15, 0.2) is 42.6 Å². The maximum absolute atomic E-state index is 12.1. The molecule has 0 saturated heterocycles. The second-order valence-electron chi connectivity index (χ2n) is 6.07. The predicted molar refractivity (Wildman–Crippen MR) is 92.8 cm³/mol. The monoisotopic (exact) mass is 339 g/mol. The van der Waals surface area contributed by atoms with Gasteiger partial charge in [-0.1, -0.05) is 12.1 Å². The number of hydrogen-bond donors (Lipinski definition) is 1. The smallest absolute Gasteiger partial charge is 0.246 e. The van der Waals surface area contributed by atoms with Gasteiger partial charge in [-0.05, 0) is 43.2 Å². The Hall–Kier alpha value is -2.91. The van der Waals surface area contributed by atoms with E-state index < -0.39 is 5.54 Å². The summed E-state index contributed by atoms with van der Waals surface area (Å²) >= 11 is 0. The van der Waals surface area contributed by atoms with E-state index in [9.17, 15) is 4.79 Å². The first-order valence-electron chi connectivity index (χ1n) is 7.83. The predicted octanol–water partition coefficient (Wildman–Crippen LogP) is 2.53. The second kappa shape index (κ2) is 8.27. The fourth-order valence-corrected chi connectivity index (χ4v) is 2.31. The molecule has 0 saturated carbocycles. The zero-order chi connectivity index (χ0) is 18.3. The van der Waals surface area contributed by atoms with Crippen LogP contribution in [0.25, 0.3) is 0 Å². The van der Waals surface area contributed by atoms with E-state index in [0.29, 0.717) is 11.4 Å². The Bertz CT molecular complexity index is 764. The van der Waals surface area contributed by atoms with Gasteiger partial charge in [0.1, 0.15) is 6.61 Å². The summed E-state index contributed by atoms with van der Waals surface area (Å²) in [5, 5.41) is 11.9. The summed E-state index contributed by atoms with van der Waals surface area (Å²) in [6, 6.07) is 12.9. The molecular formula is C19H21N3O3. The topological polar surface area (TPSA) is 84.2 Å². The first kappa shape index (κ1) is 18.4. The number of nitrogens with zero attached hydrogens (tertiary/aromatic N) is 2. The Morgan fingerprint density at radius 1 is 1.32 bits per heavy atom. The molecule has 0 fully saturated rings. The van der Waals surface area contributed by atoms with Gasteiger partial charge in [-0.15, -0.1) is 0 Å². The average molecular weight is 339 g/mol. The summed E-state index contributed by atoms with van der Waals surface area (Å²) in [6.45, 7) is 3.99. The molecule has 0 aliphatic carbocycles. The lowest BCUT2D eigenvalue weighted by molar-refractivity contribution is -0.127. The highest BCUT2D eigenvalue weighted by atomic mass is 16.5. The van der Waals surface area contributed by atoms with Crippen molar-refractivity contribution < 1.29 is 14.3 Å². The van der Waals surface area contributed by atoms with Gasteiger partial charge in [0.15, 0.2) is 0 Å². The summed E-state index contributed by atoms with van der Waals surface area (Å²) in [4.78, 5) is 16.2. The number of carbonyl (C=O) groups excluding carboxylic acids is 1. The Morgan fingerprint density at radius 3 is 2.76 bits per heavy atom. The Kier molecular flexibility index (Phi) is 6.09. The van der Waals surface area contributed by atoms with Crippen LogP contribution in [0.2, 0.25) is 0 Å². The van der Waals surface area contributed by atoms with Crippen molar-refractivity contribution in [2.24, 2.45) is 0 Å². The van der Waals surface area contributed by atoms with Crippen molar-refractivity contribution in [3.05, 3.63) is 59.3 Å². The number of ether oxygens (including phenoxy) is 2. The van der Waals surface area contributed by atoms with E-state index in [1.165, 1.54) is 0 Å². The van der Waals surface area contributed by atoms with Crippen LogP contribution < -0.4 is 10.1 Å². The molecule has 6 heteroatoms. The van der Waals surface area contributed by atoms with Gasteiger partial charge in [0, 0.05) is 12.3 Å². The summed E-state index contributed by atoms with van der Waals surface area (Å²) in [6.07, 6.45) is 1.65. The molecule has 1 aromatic heterocycles. The van der Waals surface area contributed by atoms with Crippen molar-refractivity contribution in [2.75, 3.05) is 13.7 Å². The average Bonchev–Trinajstić information content (AvgIpc) is 2.62. The lowest BCUT2D eigenvalue weighted by Crippen LogP contribution is -2.42. The first-order chi connectivity index (χ1) is 11.9. The minimum atomic E-state index is -0.602. The fourth-order valence-electron chi connectivity index (χ4n) is 2.31. The van der Waals surface area contributed by atoms with E-state index in [2.05, 4.69) is 16.4 Å². The van der Waals surface area contributed by atoms with Crippen molar-refractivity contribution in [2.45, 2.75) is 26.0 Å². The van der Waals surface area contributed by atoms with Crippen LogP contribution in [0.3, 0.4) is 0 Å². The van der Waals surface area contributed by atoms with Crippen LogP contribution in [-0.4, -0.2) is 24.6 Å². The Morgan fingerprint density at radius 2 is 2.12 bits per heavy atom. The van der Waals surface area contributed by atoms with Crippen molar-refractivity contribution in [3.8, 4) is 11.9 Å². The maximum atomic E-state index is 12.1. The molecule has 1 N–H and O–H groups in total. The number of carbonyl (C=O) groups is 1. The van der Waals surface area contributed by atoms with E-state index >= 15 is 0 Å². The molecular weight excluding hydrogens is 318 g/mol. The van der Waals surface area contributed by atoms with Gasteiger partial charge >= 0.3 is 0 Å². The number of amides is 1. The number of benzene rings is 1. The van der Waals surface area contributed by atoms with Crippen LogP contribution >= 0.6 is 0 Å². The van der Waals surface area contributed by atoms with Gasteiger partial charge in [0.05, 0.1) is 30.9 Å². The van der Waals surface area contributed by atoms with E-state index in [0.717, 1.165) is 11.1 Å². The molecule has 1 aromatic carbocycles. The highest BCUT2D eigenvalue weighted by Gasteiger charge is 2.23. The van der Waals surface area contributed by atoms with Crippen molar-refractivity contribution in [1.82, 2.24) is 10.3 Å². The van der Waals surface area contributed by atoms with Crippen molar-refractivity contribution in [1.29, 1.82) is 5.26 Å². The van der Waals surface area contributed by atoms with Crippen LogP contribution in [-0.2, 0) is 21.7 Å². The molecule has 0 aliphatic heterocycles. The molecule has 2 aromatic rings. The number of rotatable bonds is 7. The molecule has 1 amide bonds. The molecule has 130 valence electrons. The molecule has 25 heavy (non-hydrogen) atoms. The molecule has 6 nitrogen and oxygen atoms in total. The highest BCUT2D eigenvalue weighted by Crippen LogP contribution is 2.20. The quantitative estimate of drug-likeness (QED) is 0.838. The van der Waals surface area contributed by atoms with Gasteiger partial charge in [0.2, 0.25) is 11.8 Å².